The Hall–Kier alpha value is -6.38. The average Bonchev–Trinajstić information content (AvgIpc) is 4.00. The number of halogens is 2. The summed E-state index contributed by atoms with van der Waals surface area (Å²) in [5.41, 5.74) is 6.38. The van der Waals surface area contributed by atoms with E-state index in [0.29, 0.717) is 73.8 Å². The van der Waals surface area contributed by atoms with Crippen molar-refractivity contribution in [3.63, 3.8) is 0 Å². The van der Waals surface area contributed by atoms with Crippen molar-refractivity contribution < 1.29 is 23.1 Å². The van der Waals surface area contributed by atoms with Gasteiger partial charge in [-0.25, -0.2) is 14.8 Å². The molecule has 6 aromatic rings. The van der Waals surface area contributed by atoms with Gasteiger partial charge in [-0.2, -0.15) is 9.97 Å². The minimum Gasteiger partial charge on any atom is -0.478 e. The summed E-state index contributed by atoms with van der Waals surface area (Å²) in [6.45, 7) is 8.17. The Balaban J connectivity index is 0.000000173. The largest absolute Gasteiger partial charge is 0.478 e. The third kappa shape index (κ3) is 11.6. The van der Waals surface area contributed by atoms with E-state index in [2.05, 4.69) is 54.3 Å². The predicted octanol–water partition coefficient (Wildman–Crippen LogP) is 7.59. The van der Waals surface area contributed by atoms with Crippen molar-refractivity contribution in [3.05, 3.63) is 130 Å². The second-order valence-corrected chi connectivity index (χ2v) is 22.9. The van der Waals surface area contributed by atoms with Crippen LogP contribution in [0.1, 0.15) is 44.9 Å². The zero-order valence-corrected chi connectivity index (χ0v) is 44.4. The number of hydrogen-bond acceptors (Lipinski definition) is 15. The molecular formula is C53H58Cl2N12O5S2. The van der Waals surface area contributed by atoms with Gasteiger partial charge in [0.05, 0.1) is 38.6 Å². The van der Waals surface area contributed by atoms with Crippen LogP contribution in [0.3, 0.4) is 0 Å². The summed E-state index contributed by atoms with van der Waals surface area (Å²) in [6, 6.07) is 30.0. The molecule has 0 bridgehead atoms. The van der Waals surface area contributed by atoms with Crippen LogP contribution >= 0.6 is 23.2 Å². The predicted molar refractivity (Wildman–Crippen MR) is 295 cm³/mol. The number of rotatable bonds is 11. The van der Waals surface area contributed by atoms with Gasteiger partial charge in [0.25, 0.3) is 5.91 Å². The van der Waals surface area contributed by atoms with Crippen LogP contribution in [-0.2, 0) is 34.4 Å². The Labute approximate surface area is 445 Å². The molecule has 21 heteroatoms. The molecule has 3 N–H and O–H groups in total. The number of aromatic nitrogens is 4. The third-order valence-electron chi connectivity index (χ3n) is 14.2. The molecule has 2 aromatic heterocycles. The van der Waals surface area contributed by atoms with E-state index < -0.39 is 27.6 Å². The number of nitrogens with zero attached hydrogens (tertiary/aromatic N) is 10. The van der Waals surface area contributed by atoms with Gasteiger partial charge in [0.15, 0.2) is 11.6 Å². The van der Waals surface area contributed by atoms with Gasteiger partial charge in [-0.15, -0.1) is 0 Å². The van der Waals surface area contributed by atoms with Crippen molar-refractivity contribution in [2.24, 2.45) is 0 Å². The molecule has 3 fully saturated rings. The molecule has 0 spiro atoms. The zero-order chi connectivity index (χ0) is 51.5. The van der Waals surface area contributed by atoms with Crippen molar-refractivity contribution in [2.45, 2.75) is 41.5 Å². The molecule has 5 aliphatic heterocycles. The Morgan fingerprint density at radius 3 is 1.43 bits per heavy atom. The van der Waals surface area contributed by atoms with E-state index in [0.717, 1.165) is 118 Å². The van der Waals surface area contributed by atoms with Crippen LogP contribution in [0, 0.1) is 0 Å². The van der Waals surface area contributed by atoms with Gasteiger partial charge in [-0.05, 0) is 118 Å². The first-order chi connectivity index (χ1) is 35.8. The fourth-order valence-electron chi connectivity index (χ4n) is 9.94. The number of carboxylic acid groups (broad SMARTS) is 1. The van der Waals surface area contributed by atoms with E-state index in [1.165, 1.54) is 0 Å². The number of hydrogen-bond donors (Lipinski definition) is 3. The fourth-order valence-corrected chi connectivity index (χ4v) is 12.9. The van der Waals surface area contributed by atoms with E-state index in [9.17, 15) is 18.0 Å². The van der Waals surface area contributed by atoms with Crippen LogP contribution < -0.4 is 30.2 Å². The van der Waals surface area contributed by atoms with Crippen LogP contribution in [0.4, 0.5) is 46.3 Å². The van der Waals surface area contributed by atoms with Crippen molar-refractivity contribution >= 4 is 103 Å². The van der Waals surface area contributed by atoms with Gasteiger partial charge in [0.1, 0.15) is 9.79 Å². The number of aromatic carboxylic acids is 1. The molecule has 0 saturated carbocycles. The lowest BCUT2D eigenvalue weighted by Gasteiger charge is -2.36. The lowest BCUT2D eigenvalue weighted by molar-refractivity contribution is 0.0657. The van der Waals surface area contributed by atoms with Gasteiger partial charge >= 0.3 is 5.97 Å². The molecule has 4 aromatic carbocycles. The number of carbonyl (C=O) groups excluding carboxylic acids is 1. The van der Waals surface area contributed by atoms with Gasteiger partial charge < -0.3 is 45.1 Å². The molecule has 0 aliphatic carbocycles. The first kappa shape index (κ1) is 51.1. The molecule has 11 rings (SSSR count). The van der Waals surface area contributed by atoms with Crippen LogP contribution in [0.2, 0.25) is 10.0 Å². The molecule has 386 valence electrons. The second kappa shape index (κ2) is 22.6. The highest BCUT2D eigenvalue weighted by atomic mass is 35.5. The quantitative estimate of drug-likeness (QED) is 0.115. The Kier molecular flexibility index (Phi) is 15.6. The topological polar surface area (TPSA) is 184 Å². The maximum Gasteiger partial charge on any atom is 0.335 e. The molecule has 7 heterocycles. The summed E-state index contributed by atoms with van der Waals surface area (Å²) in [5, 5.41) is 17.0. The highest BCUT2D eigenvalue weighted by Crippen LogP contribution is 2.35. The number of benzene rings is 4. The fraction of sp³-hybridized carbons (Fsp3) is 0.358. The number of likely N-dealkylation sites (tertiary alicyclic amines) is 1. The summed E-state index contributed by atoms with van der Waals surface area (Å²) >= 11 is 12.3. The van der Waals surface area contributed by atoms with Crippen LogP contribution in [-0.4, -0.2) is 152 Å². The van der Waals surface area contributed by atoms with Gasteiger partial charge in [-0.1, -0.05) is 35.3 Å². The number of aryl methyl sites for hydroxylation is 2. The van der Waals surface area contributed by atoms with Gasteiger partial charge in [-0.3, -0.25) is 13.2 Å². The SMILES string of the molecule is CN1CCC(N(C)C(=O)c2ccc(N3CCN(c4nc5c(c(Nc6cccc(Cl)c6)n4)S(=O)CC5)CC3)cc2)CC1.O=C(O)c1ccc(N2CCN(c3nc4c(c(Nc5cccc(Cl)c5)n3)S(=O)CC4)CC2)cc1. The van der Waals surface area contributed by atoms with Crippen molar-refractivity contribution in [1.82, 2.24) is 29.7 Å². The number of anilines is 8. The number of piperazine rings is 2. The Bertz CT molecular complexity index is 3080. The Morgan fingerprint density at radius 2 is 1.01 bits per heavy atom. The number of amides is 1. The van der Waals surface area contributed by atoms with Crippen LogP contribution in [0.5, 0.6) is 0 Å². The number of carboxylic acids is 1. The molecular weight excluding hydrogens is 1020 g/mol. The minimum atomic E-state index is -1.13. The highest BCUT2D eigenvalue weighted by molar-refractivity contribution is 7.85. The van der Waals surface area contributed by atoms with Crippen LogP contribution in [0.15, 0.2) is 107 Å². The van der Waals surface area contributed by atoms with Gasteiger partial charge in [0.2, 0.25) is 11.9 Å². The number of carbonyl (C=O) groups is 2. The average molecular weight is 1080 g/mol. The zero-order valence-electron chi connectivity index (χ0n) is 41.3. The summed E-state index contributed by atoms with van der Waals surface area (Å²) in [4.78, 5) is 57.9. The molecule has 2 atom stereocenters. The van der Waals surface area contributed by atoms with Crippen molar-refractivity contribution in [2.75, 3.05) is 121 Å². The molecule has 1 amide bonds. The molecule has 74 heavy (non-hydrogen) atoms. The third-order valence-corrected chi connectivity index (χ3v) is 17.6. The molecule has 17 nitrogen and oxygen atoms in total. The summed E-state index contributed by atoms with van der Waals surface area (Å²) < 4.78 is 25.4. The molecule has 2 unspecified atom stereocenters. The molecule has 5 aliphatic rings. The van der Waals surface area contributed by atoms with E-state index in [-0.39, 0.29) is 11.5 Å². The first-order valence-corrected chi connectivity index (χ1v) is 28.3. The standard InChI is InChI=1S/C30H36ClN7O2S.C23H22ClN5O3S/c1-35-13-10-24(11-14-35)36(2)29(39)21-6-8-25(9-7-21)37-15-17-38(18-16-37)30-33-26-12-19-41(40)27(26)28(34-30)32-23-5-3-4-22(31)20-23;24-16-2-1-3-17(14-16)25-21-20-19(8-13-33(20)32)26-23(27-21)29-11-9-28(10-12-29)18-6-4-15(5-7-18)22(30)31/h3-9,20,24H,10-19H2,1-2H3,(H,32,33,34);1-7,14H,8-13H2,(H,30,31)(H,25,26,27). The molecule has 0 radical (unpaired) electrons. The minimum absolute atomic E-state index is 0.0906. The summed E-state index contributed by atoms with van der Waals surface area (Å²) in [5.74, 6) is 2.73. The smallest absolute Gasteiger partial charge is 0.335 e. The number of nitrogens with one attached hydrogen (secondary N) is 2. The van der Waals surface area contributed by atoms with Crippen LogP contribution in [0.25, 0.3) is 0 Å². The number of piperidine rings is 1. The highest BCUT2D eigenvalue weighted by Gasteiger charge is 2.31. The van der Waals surface area contributed by atoms with E-state index in [1.54, 1.807) is 18.2 Å². The number of fused-ring (bicyclic) bond motifs is 2. The first-order valence-electron chi connectivity index (χ1n) is 24.9. The van der Waals surface area contributed by atoms with Crippen molar-refractivity contribution in [1.29, 1.82) is 0 Å². The maximum absolute atomic E-state index is 13.1. The van der Waals surface area contributed by atoms with E-state index in [4.69, 9.17) is 48.2 Å². The van der Waals surface area contributed by atoms with Gasteiger partial charge in [0, 0.05) is 128 Å². The second-order valence-electron chi connectivity index (χ2n) is 19.0. The summed E-state index contributed by atoms with van der Waals surface area (Å²) in [6.07, 6.45) is 3.38. The summed E-state index contributed by atoms with van der Waals surface area (Å²) in [7, 11) is 1.82. The van der Waals surface area contributed by atoms with E-state index in [1.807, 2.05) is 78.7 Å². The normalized spacial score (nSPS) is 18.8. The lowest BCUT2D eigenvalue weighted by atomic mass is 10.0. The lowest BCUT2D eigenvalue weighted by Crippen LogP contribution is -2.47. The Morgan fingerprint density at radius 1 is 0.595 bits per heavy atom. The monoisotopic (exact) mass is 1080 g/mol. The maximum atomic E-state index is 13.1. The van der Waals surface area contributed by atoms with Crippen molar-refractivity contribution in [3.8, 4) is 0 Å². The van der Waals surface area contributed by atoms with E-state index >= 15 is 0 Å². The molecule has 3 saturated heterocycles.